The van der Waals surface area contributed by atoms with E-state index >= 15 is 0 Å². The van der Waals surface area contributed by atoms with E-state index in [1.807, 2.05) is 68.4 Å². The highest BCUT2D eigenvalue weighted by Gasteiger charge is 2.28. The summed E-state index contributed by atoms with van der Waals surface area (Å²) in [5, 5.41) is 14.5. The lowest BCUT2D eigenvalue weighted by Crippen LogP contribution is -2.40. The normalized spacial score (nSPS) is 15.8. The Morgan fingerprint density at radius 1 is 0.641 bits per heavy atom. The van der Waals surface area contributed by atoms with Crippen LogP contribution in [0, 0.1) is 0 Å². The number of aromatic nitrogens is 5. The topological polar surface area (TPSA) is 196 Å². The van der Waals surface area contributed by atoms with Crippen LogP contribution in [0.25, 0.3) is 22.8 Å². The van der Waals surface area contributed by atoms with Crippen LogP contribution in [0.5, 0.6) is 0 Å². The van der Waals surface area contributed by atoms with Gasteiger partial charge in [-0.05, 0) is 87.8 Å². The Labute approximate surface area is 372 Å². The number of hydrogen-bond acceptors (Lipinski definition) is 13. The van der Waals surface area contributed by atoms with Crippen LogP contribution in [-0.2, 0) is 42.5 Å². The zero-order valence-electron chi connectivity index (χ0n) is 36.8. The number of morpholine rings is 2. The van der Waals surface area contributed by atoms with Crippen LogP contribution in [0.2, 0.25) is 0 Å². The van der Waals surface area contributed by atoms with Gasteiger partial charge in [-0.1, -0.05) is 6.07 Å². The van der Waals surface area contributed by atoms with Crippen LogP contribution in [0.1, 0.15) is 36.4 Å². The molecule has 18 heteroatoms. The Morgan fingerprint density at radius 2 is 1.16 bits per heavy atom. The predicted molar refractivity (Wildman–Crippen MR) is 248 cm³/mol. The first kappa shape index (κ1) is 44.0. The molecular weight excluding hydrogens is 815 g/mol. The number of anilines is 5. The number of carbonyl (C=O) groups excluding carboxylic acids is 2. The Hall–Kier alpha value is -6.63. The number of ether oxygens (including phenoxy) is 2. The lowest BCUT2D eigenvalue weighted by atomic mass is 10.0. The summed E-state index contributed by atoms with van der Waals surface area (Å²) < 4.78 is 12.8. The van der Waals surface area contributed by atoms with Crippen LogP contribution in [0.4, 0.5) is 38.4 Å². The van der Waals surface area contributed by atoms with Crippen molar-refractivity contribution in [2.24, 2.45) is 7.05 Å². The fourth-order valence-corrected chi connectivity index (χ4v) is 8.23. The Bertz CT molecular complexity index is 2470. The van der Waals surface area contributed by atoms with Gasteiger partial charge >= 0.3 is 12.1 Å². The van der Waals surface area contributed by atoms with Crippen molar-refractivity contribution in [1.82, 2.24) is 40.5 Å². The Kier molecular flexibility index (Phi) is 14.2. The molecule has 2 aromatic carbocycles. The van der Waals surface area contributed by atoms with E-state index in [0.717, 1.165) is 123 Å². The third-order valence-electron chi connectivity index (χ3n) is 11.5. The molecule has 0 unspecified atom stereocenters. The molecule has 18 nitrogen and oxygen atoms in total. The minimum absolute atomic E-state index is 0.0306. The van der Waals surface area contributed by atoms with Crippen molar-refractivity contribution in [2.45, 2.75) is 39.8 Å². The molecule has 0 saturated carbocycles. The molecule has 336 valence electrons. The summed E-state index contributed by atoms with van der Waals surface area (Å²) in [7, 11) is 1.80. The number of pyridine rings is 1. The average molecular weight is 872 g/mol. The SMILES string of the molecule is CCNC(=O)Nc1ccc(-c2nc3c(c(N4CCOCC4)n2)CCN(c2cccc(=O)n2C)C3)cc1.CCNC(=O)Nc1ccc(-c2nc3c(c(N4CCOCC4)n2)CCNC3)cc1. The first-order valence-electron chi connectivity index (χ1n) is 22.1. The van der Waals surface area contributed by atoms with Crippen LogP contribution in [0.3, 0.4) is 0 Å². The third-order valence-corrected chi connectivity index (χ3v) is 11.5. The van der Waals surface area contributed by atoms with Gasteiger partial charge in [-0.2, -0.15) is 0 Å². The molecule has 4 amide bonds. The average Bonchev–Trinajstić information content (AvgIpc) is 3.33. The molecular formula is C46H57N13O5. The van der Waals surface area contributed by atoms with E-state index in [1.165, 1.54) is 5.56 Å². The van der Waals surface area contributed by atoms with E-state index in [0.29, 0.717) is 50.2 Å². The van der Waals surface area contributed by atoms with E-state index < -0.39 is 0 Å². The lowest BCUT2D eigenvalue weighted by molar-refractivity contribution is 0.122. The van der Waals surface area contributed by atoms with Gasteiger partial charge < -0.3 is 50.8 Å². The van der Waals surface area contributed by atoms with Crippen molar-refractivity contribution in [3.63, 3.8) is 0 Å². The first-order valence-corrected chi connectivity index (χ1v) is 22.1. The quantitative estimate of drug-likeness (QED) is 0.142. The molecule has 64 heavy (non-hydrogen) atoms. The molecule has 2 fully saturated rings. The van der Waals surface area contributed by atoms with Gasteiger partial charge in [0, 0.05) is 99.1 Å². The second-order valence-corrected chi connectivity index (χ2v) is 15.8. The van der Waals surface area contributed by atoms with Crippen molar-refractivity contribution >= 4 is 40.9 Å². The maximum Gasteiger partial charge on any atom is 0.319 e. The molecule has 2 saturated heterocycles. The number of fused-ring (bicyclic) bond motifs is 2. The summed E-state index contributed by atoms with van der Waals surface area (Å²) in [5.74, 6) is 4.23. The Balaban J connectivity index is 0.000000181. The maximum absolute atomic E-state index is 12.2. The molecule has 9 rings (SSSR count). The fraction of sp³-hybridized carbons (Fsp3) is 0.413. The van der Waals surface area contributed by atoms with Crippen molar-refractivity contribution < 1.29 is 19.1 Å². The fourth-order valence-electron chi connectivity index (χ4n) is 8.23. The van der Waals surface area contributed by atoms with Gasteiger partial charge in [-0.3, -0.25) is 9.36 Å². The molecule has 0 spiro atoms. The summed E-state index contributed by atoms with van der Waals surface area (Å²) in [6.45, 7) is 14.1. The van der Waals surface area contributed by atoms with E-state index in [9.17, 15) is 14.4 Å². The van der Waals surface area contributed by atoms with E-state index in [-0.39, 0.29) is 17.6 Å². The summed E-state index contributed by atoms with van der Waals surface area (Å²) >= 11 is 0. The van der Waals surface area contributed by atoms with Gasteiger partial charge in [0.1, 0.15) is 17.5 Å². The highest BCUT2D eigenvalue weighted by atomic mass is 16.5. The molecule has 7 heterocycles. The molecule has 4 aliphatic rings. The largest absolute Gasteiger partial charge is 0.378 e. The number of nitrogens with one attached hydrogen (secondary N) is 5. The van der Waals surface area contributed by atoms with Crippen molar-refractivity contribution in [2.75, 3.05) is 104 Å². The number of rotatable bonds is 9. The summed E-state index contributed by atoms with van der Waals surface area (Å²) in [6.07, 6.45) is 1.73. The number of nitrogens with zero attached hydrogens (tertiary/aromatic N) is 8. The van der Waals surface area contributed by atoms with Crippen molar-refractivity contribution in [3.8, 4) is 22.8 Å². The van der Waals surface area contributed by atoms with Crippen molar-refractivity contribution in [1.29, 1.82) is 0 Å². The summed E-state index contributed by atoms with van der Waals surface area (Å²) in [4.78, 5) is 62.3. The second kappa shape index (κ2) is 20.7. The number of benzene rings is 2. The molecule has 4 aliphatic heterocycles. The lowest BCUT2D eigenvalue weighted by Gasteiger charge is -2.35. The third kappa shape index (κ3) is 10.4. The van der Waals surface area contributed by atoms with Crippen molar-refractivity contribution in [3.05, 3.63) is 99.6 Å². The van der Waals surface area contributed by atoms with Gasteiger partial charge in [0.25, 0.3) is 5.56 Å². The monoisotopic (exact) mass is 871 g/mol. The van der Waals surface area contributed by atoms with Gasteiger partial charge in [0.05, 0.1) is 44.4 Å². The van der Waals surface area contributed by atoms with Crippen LogP contribution in [-0.4, -0.2) is 115 Å². The Morgan fingerprint density at radius 3 is 1.69 bits per heavy atom. The zero-order valence-corrected chi connectivity index (χ0v) is 36.8. The van der Waals surface area contributed by atoms with Crippen LogP contribution >= 0.6 is 0 Å². The zero-order chi connectivity index (χ0) is 44.4. The van der Waals surface area contributed by atoms with Crippen LogP contribution in [0.15, 0.2) is 71.5 Å². The van der Waals surface area contributed by atoms with Gasteiger partial charge in [0.15, 0.2) is 11.6 Å². The van der Waals surface area contributed by atoms with E-state index in [1.54, 1.807) is 23.7 Å². The van der Waals surface area contributed by atoms with Gasteiger partial charge in [-0.15, -0.1) is 0 Å². The van der Waals surface area contributed by atoms with Gasteiger partial charge in [0.2, 0.25) is 0 Å². The molecule has 0 bridgehead atoms. The molecule has 0 aliphatic carbocycles. The smallest absolute Gasteiger partial charge is 0.319 e. The van der Waals surface area contributed by atoms with E-state index in [4.69, 9.17) is 29.4 Å². The summed E-state index contributed by atoms with van der Waals surface area (Å²) in [5.41, 5.74) is 7.66. The maximum atomic E-state index is 12.2. The highest BCUT2D eigenvalue weighted by Crippen LogP contribution is 2.33. The predicted octanol–water partition coefficient (Wildman–Crippen LogP) is 4.15. The molecule has 5 aromatic rings. The molecule has 3 aromatic heterocycles. The molecule has 0 radical (unpaired) electrons. The van der Waals surface area contributed by atoms with E-state index in [2.05, 4.69) is 41.3 Å². The number of hydrogen-bond donors (Lipinski definition) is 5. The highest BCUT2D eigenvalue weighted by molar-refractivity contribution is 5.90. The number of carbonyl (C=O) groups is 2. The van der Waals surface area contributed by atoms with Crippen LogP contribution < -0.4 is 46.8 Å². The summed E-state index contributed by atoms with van der Waals surface area (Å²) in [6, 6.07) is 20.1. The number of amides is 4. The second-order valence-electron chi connectivity index (χ2n) is 15.8. The number of urea groups is 2. The molecule has 0 atom stereocenters. The minimum Gasteiger partial charge on any atom is -0.378 e. The molecule has 5 N–H and O–H groups in total. The first-order chi connectivity index (χ1) is 31.3. The standard InChI is InChI=1S/C26H31N7O3.C20H26N6O2/c1-3-27-26(35)28-19-9-7-18(8-10-19)24-29-21-17-33(22-5-4-6-23(34)31(22)2)12-11-20(21)25(30-24)32-13-15-36-16-14-32;1-2-22-20(27)23-15-5-3-14(4-6-15)18-24-17-13-21-8-7-16(17)19(25-18)26-9-11-28-12-10-26/h4-10H,3,11-17H2,1-2H3,(H2,27,28,35);3-6,21H,2,7-13H2,1H3,(H2,22,23,27). The van der Waals surface area contributed by atoms with Gasteiger partial charge in [-0.25, -0.2) is 29.5 Å². The minimum atomic E-state index is -0.236.